The second-order valence-corrected chi connectivity index (χ2v) is 5.17. The van der Waals surface area contributed by atoms with Crippen molar-refractivity contribution in [1.82, 2.24) is 0 Å². The number of nitrogens with one attached hydrogen (secondary N) is 1. The Hall–Kier alpha value is -0.920. The smallest absolute Gasteiger partial charge is 0.326 e. The van der Waals surface area contributed by atoms with Crippen molar-refractivity contribution in [3.63, 3.8) is 0 Å². The maximum atomic E-state index is 12.7. The topological polar surface area (TPSA) is 55.1 Å². The number of anilines is 1. The quantitative estimate of drug-likeness (QED) is 0.892. The number of carbonyl (C=O) groups is 1. The highest BCUT2D eigenvalue weighted by atomic mass is 35.5. The average Bonchev–Trinajstić information content (AvgIpc) is 2.36. The number of benzene rings is 1. The predicted molar refractivity (Wildman–Crippen MR) is 78.2 cm³/mol. The second-order valence-electron chi connectivity index (χ2n) is 3.99. The Labute approximate surface area is 125 Å². The van der Waals surface area contributed by atoms with Gasteiger partial charge in [-0.3, -0.25) is 4.79 Å². The molecule has 1 rings (SSSR count). The lowest BCUT2D eigenvalue weighted by Gasteiger charge is -2.14. The fourth-order valence-corrected chi connectivity index (χ4v) is 1.67. The summed E-state index contributed by atoms with van der Waals surface area (Å²) in [5.41, 5.74) is 4.98. The van der Waals surface area contributed by atoms with Gasteiger partial charge in [-0.15, -0.1) is 12.4 Å². The Kier molecular flexibility index (Phi) is 7.40. The van der Waals surface area contributed by atoms with Crippen LogP contribution in [0.1, 0.15) is 18.1 Å². The van der Waals surface area contributed by atoms with Gasteiger partial charge in [0.05, 0.1) is 10.8 Å². The van der Waals surface area contributed by atoms with Gasteiger partial charge in [-0.1, -0.05) is 0 Å². The average molecular weight is 329 g/mol. The zero-order chi connectivity index (χ0) is 14.6. The lowest BCUT2D eigenvalue weighted by atomic mass is 10.1. The van der Waals surface area contributed by atoms with E-state index in [0.717, 1.165) is 12.1 Å². The van der Waals surface area contributed by atoms with Crippen LogP contribution < -0.4 is 11.1 Å². The van der Waals surface area contributed by atoms with E-state index in [2.05, 4.69) is 5.32 Å². The third-order valence-corrected chi connectivity index (χ3v) is 3.47. The lowest BCUT2D eigenvalue weighted by molar-refractivity contribution is -0.137. The molecule has 114 valence electrons. The number of hydrogen-bond acceptors (Lipinski definition) is 3. The monoisotopic (exact) mass is 328 g/mol. The fraction of sp³-hybridized carbons (Fsp3) is 0.417. The molecule has 0 saturated heterocycles. The molecule has 8 heteroatoms. The van der Waals surface area contributed by atoms with Crippen LogP contribution in [-0.4, -0.2) is 17.4 Å². The fourth-order valence-electron chi connectivity index (χ4n) is 1.40. The molecule has 0 saturated carbocycles. The van der Waals surface area contributed by atoms with Crippen LogP contribution in [0.15, 0.2) is 18.2 Å². The molecular formula is C12H16ClF3N2OS. The molecule has 0 aliphatic carbocycles. The Morgan fingerprint density at radius 1 is 1.40 bits per heavy atom. The summed E-state index contributed by atoms with van der Waals surface area (Å²) in [6, 6.07) is 3.33. The van der Waals surface area contributed by atoms with Crippen LogP contribution in [0.2, 0.25) is 0 Å². The first-order valence-electron chi connectivity index (χ1n) is 5.52. The van der Waals surface area contributed by atoms with Crippen LogP contribution in [-0.2, 0) is 17.5 Å². The minimum absolute atomic E-state index is 0. The van der Waals surface area contributed by atoms with Gasteiger partial charge in [-0.05, 0) is 36.9 Å². The van der Waals surface area contributed by atoms with E-state index in [0.29, 0.717) is 5.56 Å². The van der Waals surface area contributed by atoms with E-state index >= 15 is 0 Å². The van der Waals surface area contributed by atoms with E-state index in [1.165, 1.54) is 17.8 Å². The molecule has 0 radical (unpaired) electrons. The maximum absolute atomic E-state index is 12.7. The lowest BCUT2D eigenvalue weighted by Crippen LogP contribution is -2.22. The van der Waals surface area contributed by atoms with Gasteiger partial charge in [-0.2, -0.15) is 24.9 Å². The van der Waals surface area contributed by atoms with E-state index in [9.17, 15) is 18.0 Å². The Morgan fingerprint density at radius 3 is 2.45 bits per heavy atom. The standard InChI is InChI=1S/C12H15F3N2OS.ClH/c1-7(19-2)11(18)17-10-4-8(6-16)3-9(5-10)12(13,14)15;/h3-5,7H,6,16H2,1-2H3,(H,17,18);1H. The third kappa shape index (κ3) is 5.22. The molecule has 0 aromatic heterocycles. The molecule has 1 aromatic carbocycles. The molecule has 20 heavy (non-hydrogen) atoms. The highest BCUT2D eigenvalue weighted by Crippen LogP contribution is 2.32. The molecule has 3 nitrogen and oxygen atoms in total. The van der Waals surface area contributed by atoms with Crippen LogP contribution >= 0.6 is 24.2 Å². The van der Waals surface area contributed by atoms with Crippen LogP contribution in [0.25, 0.3) is 0 Å². The van der Waals surface area contributed by atoms with Crippen LogP contribution in [0, 0.1) is 0 Å². The number of halogens is 4. The summed E-state index contributed by atoms with van der Waals surface area (Å²) in [5, 5.41) is 2.13. The van der Waals surface area contributed by atoms with Crippen molar-refractivity contribution in [2.24, 2.45) is 5.73 Å². The molecule has 1 unspecified atom stereocenters. The van der Waals surface area contributed by atoms with Crippen LogP contribution in [0.5, 0.6) is 0 Å². The van der Waals surface area contributed by atoms with E-state index in [1.807, 2.05) is 0 Å². The van der Waals surface area contributed by atoms with Crippen molar-refractivity contribution >= 4 is 35.8 Å². The summed E-state index contributed by atoms with van der Waals surface area (Å²) in [6.07, 6.45) is -2.71. The van der Waals surface area contributed by atoms with Crippen molar-refractivity contribution in [2.75, 3.05) is 11.6 Å². The largest absolute Gasteiger partial charge is 0.416 e. The number of nitrogens with two attached hydrogens (primary N) is 1. The highest BCUT2D eigenvalue weighted by molar-refractivity contribution is 7.99. The molecule has 1 amide bonds. The highest BCUT2D eigenvalue weighted by Gasteiger charge is 2.31. The number of hydrogen-bond donors (Lipinski definition) is 2. The molecule has 1 atom stereocenters. The summed E-state index contributed by atoms with van der Waals surface area (Å²) in [5.74, 6) is -0.338. The minimum Gasteiger partial charge on any atom is -0.326 e. The van der Waals surface area contributed by atoms with Gasteiger partial charge in [-0.25, -0.2) is 0 Å². The van der Waals surface area contributed by atoms with E-state index < -0.39 is 11.7 Å². The van der Waals surface area contributed by atoms with Crippen LogP contribution in [0.3, 0.4) is 0 Å². The summed E-state index contributed by atoms with van der Waals surface area (Å²) in [4.78, 5) is 11.7. The number of rotatable bonds is 4. The Bertz CT molecular complexity index is 469. The molecule has 0 aliphatic rings. The van der Waals surface area contributed by atoms with Crippen molar-refractivity contribution < 1.29 is 18.0 Å². The first-order valence-corrected chi connectivity index (χ1v) is 6.81. The normalized spacial score (nSPS) is 12.5. The molecule has 0 heterocycles. The SMILES string of the molecule is CSC(C)C(=O)Nc1cc(CN)cc(C(F)(F)F)c1.Cl. The van der Waals surface area contributed by atoms with Crippen molar-refractivity contribution in [3.05, 3.63) is 29.3 Å². The predicted octanol–water partition coefficient (Wildman–Crippen LogP) is 3.28. The summed E-state index contributed by atoms with van der Waals surface area (Å²) in [6.45, 7) is 1.66. The van der Waals surface area contributed by atoms with Crippen molar-refractivity contribution in [1.29, 1.82) is 0 Å². The van der Waals surface area contributed by atoms with Crippen molar-refractivity contribution in [2.45, 2.75) is 24.9 Å². The molecule has 3 N–H and O–H groups in total. The van der Waals surface area contributed by atoms with Gasteiger partial charge in [0.2, 0.25) is 5.91 Å². The summed E-state index contributed by atoms with van der Waals surface area (Å²) >= 11 is 1.31. The first kappa shape index (κ1) is 19.1. The zero-order valence-corrected chi connectivity index (χ0v) is 12.6. The van der Waals surface area contributed by atoms with Gasteiger partial charge in [0.1, 0.15) is 0 Å². The number of thioether (sulfide) groups is 1. The first-order chi connectivity index (χ1) is 8.77. The Morgan fingerprint density at radius 2 is 2.00 bits per heavy atom. The van der Waals surface area contributed by atoms with Gasteiger partial charge < -0.3 is 11.1 Å². The number of amides is 1. The molecular weight excluding hydrogens is 313 g/mol. The van der Waals surface area contributed by atoms with Gasteiger partial charge in [0, 0.05) is 12.2 Å². The molecule has 0 fully saturated rings. The second kappa shape index (κ2) is 7.75. The maximum Gasteiger partial charge on any atom is 0.416 e. The number of alkyl halides is 3. The van der Waals surface area contributed by atoms with Gasteiger partial charge in [0.25, 0.3) is 0 Å². The molecule has 0 spiro atoms. The van der Waals surface area contributed by atoms with Crippen LogP contribution in [0.4, 0.5) is 18.9 Å². The van der Waals surface area contributed by atoms with Gasteiger partial charge in [0.15, 0.2) is 0 Å². The third-order valence-electron chi connectivity index (χ3n) is 2.55. The zero-order valence-electron chi connectivity index (χ0n) is 11.0. The minimum atomic E-state index is -4.46. The summed E-state index contributed by atoms with van der Waals surface area (Å²) < 4.78 is 38.1. The molecule has 1 aromatic rings. The molecule has 0 aliphatic heterocycles. The van der Waals surface area contributed by atoms with Gasteiger partial charge >= 0.3 is 6.18 Å². The van der Waals surface area contributed by atoms with Crippen molar-refractivity contribution in [3.8, 4) is 0 Å². The Balaban J connectivity index is 0.00000361. The van der Waals surface area contributed by atoms with E-state index in [-0.39, 0.29) is 35.8 Å². The molecule has 0 bridgehead atoms. The summed E-state index contributed by atoms with van der Waals surface area (Å²) in [7, 11) is 0. The van der Waals surface area contributed by atoms with E-state index in [4.69, 9.17) is 5.73 Å². The van der Waals surface area contributed by atoms with E-state index in [1.54, 1.807) is 13.2 Å². The number of carbonyl (C=O) groups excluding carboxylic acids is 1.